The first-order valence-electron chi connectivity index (χ1n) is 4.55. The normalized spacial score (nSPS) is 14.3. The predicted molar refractivity (Wildman–Crippen MR) is 59.1 cm³/mol. The fourth-order valence-electron chi connectivity index (χ4n) is 1.21. The summed E-state index contributed by atoms with van der Waals surface area (Å²) in [6.07, 6.45) is -3.07. The minimum atomic E-state index is -4.33. The quantitative estimate of drug-likeness (QED) is 0.892. The lowest BCUT2D eigenvalue weighted by atomic mass is 10.0. The molecule has 1 aromatic rings. The summed E-state index contributed by atoms with van der Waals surface area (Å²) in [5.74, 6) is 0. The van der Waals surface area contributed by atoms with Crippen LogP contribution < -0.4 is 0 Å². The Morgan fingerprint density at radius 3 is 2.25 bits per heavy atom. The van der Waals surface area contributed by atoms with Crippen LogP contribution in [0, 0.1) is 0 Å². The van der Waals surface area contributed by atoms with Gasteiger partial charge in [-0.15, -0.1) is 0 Å². The van der Waals surface area contributed by atoms with Crippen molar-refractivity contribution in [3.63, 3.8) is 0 Å². The summed E-state index contributed by atoms with van der Waals surface area (Å²) in [7, 11) is 0. The molecule has 0 aliphatic carbocycles. The highest BCUT2D eigenvalue weighted by molar-refractivity contribution is 9.11. The molecule has 1 atom stereocenters. The minimum absolute atomic E-state index is 0.358. The zero-order chi connectivity index (χ0) is 12.2. The zero-order valence-corrected chi connectivity index (χ0v) is 9.79. The van der Waals surface area contributed by atoms with E-state index in [2.05, 4.69) is 15.9 Å². The smallest absolute Gasteiger partial charge is 0.388 e. The number of benzene rings is 1. The molecule has 1 nitrogen and oxygen atoms in total. The summed E-state index contributed by atoms with van der Waals surface area (Å²) in [6.45, 7) is 0. The highest BCUT2D eigenvalue weighted by atomic mass is 79.9. The van der Waals surface area contributed by atoms with Crippen LogP contribution in [0.5, 0.6) is 0 Å². The van der Waals surface area contributed by atoms with Crippen molar-refractivity contribution in [3.8, 4) is 0 Å². The van der Waals surface area contributed by atoms with Crippen LogP contribution in [-0.2, 0) is 6.18 Å². The van der Waals surface area contributed by atoms with E-state index in [9.17, 15) is 18.3 Å². The third-order valence-electron chi connectivity index (χ3n) is 2.07. The number of hydrogen-bond acceptors (Lipinski definition) is 1. The molecular weight excluding hydrogens is 285 g/mol. The molecule has 0 bridgehead atoms. The Hall–Kier alpha value is -0.810. The molecule has 0 aliphatic rings. The first-order chi connectivity index (χ1) is 7.45. The monoisotopic (exact) mass is 294 g/mol. The number of halogens is 4. The van der Waals surface area contributed by atoms with Gasteiger partial charge in [0.15, 0.2) is 0 Å². The molecule has 0 amide bonds. The molecule has 1 rings (SSSR count). The molecule has 5 heteroatoms. The van der Waals surface area contributed by atoms with Crippen LogP contribution in [-0.4, -0.2) is 5.11 Å². The van der Waals surface area contributed by atoms with Gasteiger partial charge in [0.1, 0.15) is 0 Å². The van der Waals surface area contributed by atoms with Crippen molar-refractivity contribution < 1.29 is 18.3 Å². The predicted octanol–water partition coefficient (Wildman–Crippen LogP) is 4.04. The van der Waals surface area contributed by atoms with Crippen LogP contribution in [0.3, 0.4) is 0 Å². The van der Waals surface area contributed by atoms with Crippen molar-refractivity contribution in [1.29, 1.82) is 0 Å². The Morgan fingerprint density at radius 1 is 1.25 bits per heavy atom. The van der Waals surface area contributed by atoms with Crippen LogP contribution >= 0.6 is 15.9 Å². The lowest BCUT2D eigenvalue weighted by Gasteiger charge is -2.10. The van der Waals surface area contributed by atoms with Gasteiger partial charge in [-0.05, 0) is 29.1 Å². The molecule has 0 aliphatic heterocycles. The molecule has 0 heterocycles. The molecule has 0 aromatic heterocycles. The van der Waals surface area contributed by atoms with E-state index in [0.717, 1.165) is 12.1 Å². The average Bonchev–Trinajstić information content (AvgIpc) is 2.25. The second-order valence-corrected chi connectivity index (χ2v) is 3.76. The molecule has 0 spiro atoms. The van der Waals surface area contributed by atoms with Crippen LogP contribution in [0.25, 0.3) is 0 Å². The Labute approximate surface area is 99.7 Å². The standard InChI is InChI=1S/C11H10BrF3O/c12-7-1-2-10(16)8-3-5-9(6-4-8)11(13,14)15/h1,3-7,10,16H,2H2. The van der Waals surface area contributed by atoms with Gasteiger partial charge in [0.05, 0.1) is 11.7 Å². The van der Waals surface area contributed by atoms with E-state index < -0.39 is 17.8 Å². The maximum atomic E-state index is 12.2. The third-order valence-corrected chi connectivity index (χ3v) is 2.45. The molecule has 0 saturated heterocycles. The van der Waals surface area contributed by atoms with E-state index in [1.165, 1.54) is 12.1 Å². The van der Waals surface area contributed by atoms with Crippen LogP contribution in [0.4, 0.5) is 13.2 Å². The fraction of sp³-hybridized carbons (Fsp3) is 0.273. The molecule has 16 heavy (non-hydrogen) atoms. The second-order valence-electron chi connectivity index (χ2n) is 3.23. The summed E-state index contributed by atoms with van der Waals surface area (Å²) >= 11 is 3.05. The fourth-order valence-corrected chi connectivity index (χ4v) is 1.43. The maximum Gasteiger partial charge on any atom is 0.416 e. The molecule has 0 radical (unpaired) electrons. The zero-order valence-electron chi connectivity index (χ0n) is 8.21. The molecule has 1 aromatic carbocycles. The Bertz CT molecular complexity index is 356. The lowest BCUT2D eigenvalue weighted by Crippen LogP contribution is -2.05. The average molecular weight is 295 g/mol. The summed E-state index contributed by atoms with van der Waals surface area (Å²) in [5.41, 5.74) is -0.238. The van der Waals surface area contributed by atoms with E-state index in [1.54, 1.807) is 11.1 Å². The SMILES string of the molecule is OC(CC=CBr)c1ccc(C(F)(F)F)cc1. The van der Waals surface area contributed by atoms with Gasteiger partial charge in [-0.1, -0.05) is 34.1 Å². The van der Waals surface area contributed by atoms with E-state index in [1.807, 2.05) is 0 Å². The van der Waals surface area contributed by atoms with Crippen LogP contribution in [0.15, 0.2) is 35.3 Å². The Balaban J connectivity index is 2.78. The number of rotatable bonds is 3. The van der Waals surface area contributed by atoms with E-state index in [-0.39, 0.29) is 0 Å². The van der Waals surface area contributed by atoms with Crippen LogP contribution in [0.2, 0.25) is 0 Å². The van der Waals surface area contributed by atoms with Crippen molar-refractivity contribution in [3.05, 3.63) is 46.5 Å². The third kappa shape index (κ3) is 3.64. The molecule has 0 saturated carbocycles. The van der Waals surface area contributed by atoms with Crippen molar-refractivity contribution >= 4 is 15.9 Å². The Kier molecular flexibility index (Phi) is 4.56. The first-order valence-corrected chi connectivity index (χ1v) is 5.47. The van der Waals surface area contributed by atoms with E-state index >= 15 is 0 Å². The van der Waals surface area contributed by atoms with Gasteiger partial charge in [-0.3, -0.25) is 0 Å². The first kappa shape index (κ1) is 13.3. The number of hydrogen-bond donors (Lipinski definition) is 1. The maximum absolute atomic E-state index is 12.2. The van der Waals surface area contributed by atoms with Gasteiger partial charge in [0, 0.05) is 0 Å². The van der Waals surface area contributed by atoms with Crippen molar-refractivity contribution in [1.82, 2.24) is 0 Å². The van der Waals surface area contributed by atoms with Gasteiger partial charge in [0.2, 0.25) is 0 Å². The number of aliphatic hydroxyl groups excluding tert-OH is 1. The lowest BCUT2D eigenvalue weighted by molar-refractivity contribution is -0.137. The summed E-state index contributed by atoms with van der Waals surface area (Å²) in [6, 6.07) is 4.51. The molecule has 88 valence electrons. The summed E-state index contributed by atoms with van der Waals surface area (Å²) in [5, 5.41) is 9.59. The molecule has 1 N–H and O–H groups in total. The van der Waals surface area contributed by atoms with Gasteiger partial charge in [-0.2, -0.15) is 13.2 Å². The number of aliphatic hydroxyl groups is 1. The van der Waals surface area contributed by atoms with Crippen molar-refractivity contribution in [2.45, 2.75) is 18.7 Å². The van der Waals surface area contributed by atoms with Crippen molar-refractivity contribution in [2.75, 3.05) is 0 Å². The molecular formula is C11H10BrF3O. The second kappa shape index (κ2) is 5.50. The van der Waals surface area contributed by atoms with Gasteiger partial charge in [-0.25, -0.2) is 0 Å². The largest absolute Gasteiger partial charge is 0.416 e. The minimum Gasteiger partial charge on any atom is -0.388 e. The van der Waals surface area contributed by atoms with Crippen LogP contribution in [0.1, 0.15) is 23.7 Å². The topological polar surface area (TPSA) is 20.2 Å². The Morgan fingerprint density at radius 2 is 1.81 bits per heavy atom. The summed E-state index contributed by atoms with van der Waals surface area (Å²) in [4.78, 5) is 1.60. The molecule has 0 fully saturated rings. The molecule has 1 unspecified atom stereocenters. The summed E-state index contributed by atoms with van der Waals surface area (Å²) < 4.78 is 36.7. The van der Waals surface area contributed by atoms with Gasteiger partial charge < -0.3 is 5.11 Å². The highest BCUT2D eigenvalue weighted by Crippen LogP contribution is 2.30. The van der Waals surface area contributed by atoms with E-state index in [0.29, 0.717) is 12.0 Å². The number of alkyl halides is 3. The van der Waals surface area contributed by atoms with Gasteiger partial charge in [0.25, 0.3) is 0 Å². The van der Waals surface area contributed by atoms with Crippen molar-refractivity contribution in [2.24, 2.45) is 0 Å². The van der Waals surface area contributed by atoms with E-state index in [4.69, 9.17) is 0 Å². The van der Waals surface area contributed by atoms with Gasteiger partial charge >= 0.3 is 6.18 Å². The highest BCUT2D eigenvalue weighted by Gasteiger charge is 2.30.